The van der Waals surface area contributed by atoms with Gasteiger partial charge in [0.2, 0.25) is 5.91 Å². The molecule has 6 heteroatoms. The highest BCUT2D eigenvalue weighted by atomic mass is 32.1. The third-order valence-electron chi connectivity index (χ3n) is 2.59. The number of piperazine rings is 1. The quantitative estimate of drug-likeness (QED) is 0.751. The summed E-state index contributed by atoms with van der Waals surface area (Å²) in [6.45, 7) is 1.18. The molecule has 0 aromatic carbocycles. The Morgan fingerprint density at radius 2 is 2.37 bits per heavy atom. The molecule has 100 valence electrons. The van der Waals surface area contributed by atoms with Gasteiger partial charge in [0.25, 0.3) is 5.91 Å². The summed E-state index contributed by atoms with van der Waals surface area (Å²) < 4.78 is 0. The molecule has 5 nitrogen and oxygen atoms in total. The lowest BCUT2D eigenvalue weighted by atomic mass is 10.3. The van der Waals surface area contributed by atoms with Crippen molar-refractivity contribution >= 4 is 23.2 Å². The predicted molar refractivity (Wildman–Crippen MR) is 71.8 cm³/mol. The molecule has 0 radical (unpaired) electrons. The van der Waals surface area contributed by atoms with Gasteiger partial charge in [-0.1, -0.05) is 11.8 Å². The lowest BCUT2D eigenvalue weighted by molar-refractivity contribution is -0.123. The minimum absolute atomic E-state index is 0.0348. The summed E-state index contributed by atoms with van der Waals surface area (Å²) in [5, 5.41) is 11.3. The van der Waals surface area contributed by atoms with Gasteiger partial charge in [0.1, 0.15) is 0 Å². The van der Waals surface area contributed by atoms with Gasteiger partial charge in [0, 0.05) is 19.5 Å². The van der Waals surface area contributed by atoms with Crippen molar-refractivity contribution in [3.8, 4) is 11.8 Å². The summed E-state index contributed by atoms with van der Waals surface area (Å²) in [7, 11) is 0. The molecule has 1 aliphatic heterocycles. The normalized spacial score (nSPS) is 14.6. The van der Waals surface area contributed by atoms with Crippen LogP contribution in [0, 0.1) is 11.8 Å². The van der Waals surface area contributed by atoms with Crippen LogP contribution in [0.2, 0.25) is 0 Å². The van der Waals surface area contributed by atoms with E-state index in [2.05, 4.69) is 17.2 Å². The Hall–Kier alpha value is -1.84. The summed E-state index contributed by atoms with van der Waals surface area (Å²) in [6, 6.07) is 3.51. The van der Waals surface area contributed by atoms with E-state index in [0.29, 0.717) is 24.4 Å². The van der Waals surface area contributed by atoms with Gasteiger partial charge in [0.15, 0.2) is 0 Å². The second-order valence-corrected chi connectivity index (χ2v) is 5.10. The van der Waals surface area contributed by atoms with E-state index in [1.807, 2.05) is 0 Å². The first-order chi connectivity index (χ1) is 9.20. The van der Waals surface area contributed by atoms with E-state index in [-0.39, 0.29) is 25.0 Å². The van der Waals surface area contributed by atoms with Crippen LogP contribution in [-0.4, -0.2) is 48.1 Å². The number of nitrogens with zero attached hydrogens (tertiary/aromatic N) is 1. The maximum absolute atomic E-state index is 12.2. The Labute approximate surface area is 115 Å². The maximum Gasteiger partial charge on any atom is 0.264 e. The van der Waals surface area contributed by atoms with E-state index >= 15 is 0 Å². The van der Waals surface area contributed by atoms with Gasteiger partial charge in [-0.25, -0.2) is 0 Å². The van der Waals surface area contributed by atoms with Crippen LogP contribution in [0.3, 0.4) is 0 Å². The van der Waals surface area contributed by atoms with Crippen molar-refractivity contribution in [2.75, 3.05) is 26.2 Å². The van der Waals surface area contributed by atoms with Crippen molar-refractivity contribution in [2.45, 2.75) is 6.42 Å². The first-order valence-corrected chi connectivity index (χ1v) is 6.78. The van der Waals surface area contributed by atoms with Gasteiger partial charge in [-0.3, -0.25) is 9.59 Å². The summed E-state index contributed by atoms with van der Waals surface area (Å²) in [6.07, 6.45) is 0.424. The van der Waals surface area contributed by atoms with Crippen LogP contribution in [0.4, 0.5) is 0 Å². The smallest absolute Gasteiger partial charge is 0.264 e. The highest BCUT2D eigenvalue weighted by Gasteiger charge is 2.23. The number of hydrogen-bond acceptors (Lipinski definition) is 4. The Bertz CT molecular complexity index is 542. The fourth-order valence-electron chi connectivity index (χ4n) is 1.69. The van der Waals surface area contributed by atoms with Gasteiger partial charge in [-0.05, 0) is 12.1 Å². The molecule has 1 saturated heterocycles. The summed E-state index contributed by atoms with van der Waals surface area (Å²) in [5.74, 6) is 5.45. The molecule has 2 amide bonds. The number of thiophene rings is 1. The van der Waals surface area contributed by atoms with Crippen LogP contribution >= 0.6 is 11.3 Å². The lowest BCUT2D eigenvalue weighted by Gasteiger charge is -2.26. The van der Waals surface area contributed by atoms with E-state index in [1.54, 1.807) is 12.1 Å². The van der Waals surface area contributed by atoms with Crippen LogP contribution in [0.5, 0.6) is 0 Å². The molecule has 0 spiro atoms. The standard InChI is InChI=1S/C13H14N2O3S/c16-8-2-1-3-10-4-5-11(19-10)13(18)15-7-6-14-12(17)9-15/h4-5,16H,2,6-9H2,(H,14,17). The minimum atomic E-state index is -0.130. The Balaban J connectivity index is 2.04. The number of carbonyl (C=O) groups excluding carboxylic acids is 2. The molecule has 2 rings (SSSR count). The second-order valence-electron chi connectivity index (χ2n) is 4.02. The van der Waals surface area contributed by atoms with Crippen LogP contribution in [0.1, 0.15) is 21.0 Å². The molecule has 1 fully saturated rings. The van der Waals surface area contributed by atoms with Crippen molar-refractivity contribution in [3.05, 3.63) is 21.9 Å². The van der Waals surface area contributed by atoms with E-state index < -0.39 is 0 Å². The third-order valence-corrected chi connectivity index (χ3v) is 3.58. The Morgan fingerprint density at radius 3 is 3.11 bits per heavy atom. The SMILES string of the molecule is O=C1CN(C(=O)c2ccc(C#CCCO)s2)CCN1. The number of nitrogens with one attached hydrogen (secondary N) is 1. The van der Waals surface area contributed by atoms with Crippen molar-refractivity contribution in [3.63, 3.8) is 0 Å². The van der Waals surface area contributed by atoms with E-state index in [0.717, 1.165) is 4.88 Å². The van der Waals surface area contributed by atoms with Gasteiger partial charge in [-0.2, -0.15) is 0 Å². The molecule has 2 heterocycles. The number of rotatable bonds is 2. The molecule has 2 N–H and O–H groups in total. The largest absolute Gasteiger partial charge is 0.395 e. The first kappa shape index (κ1) is 13.6. The van der Waals surface area contributed by atoms with Gasteiger partial charge in [-0.15, -0.1) is 11.3 Å². The van der Waals surface area contributed by atoms with Gasteiger partial charge >= 0.3 is 0 Å². The summed E-state index contributed by atoms with van der Waals surface area (Å²) >= 11 is 1.31. The predicted octanol–water partition coefficient (Wildman–Crippen LogP) is 0.0540. The maximum atomic E-state index is 12.2. The molecule has 1 aromatic rings. The highest BCUT2D eigenvalue weighted by molar-refractivity contribution is 7.14. The average molecular weight is 278 g/mol. The van der Waals surface area contributed by atoms with Crippen LogP contribution in [-0.2, 0) is 4.79 Å². The minimum Gasteiger partial charge on any atom is -0.395 e. The Morgan fingerprint density at radius 1 is 1.53 bits per heavy atom. The Kier molecular flexibility index (Phi) is 4.55. The van der Waals surface area contributed by atoms with Crippen molar-refractivity contribution in [1.29, 1.82) is 0 Å². The molecule has 1 aromatic heterocycles. The van der Waals surface area contributed by atoms with Crippen LogP contribution in [0.15, 0.2) is 12.1 Å². The summed E-state index contributed by atoms with van der Waals surface area (Å²) in [5.41, 5.74) is 0. The zero-order valence-electron chi connectivity index (χ0n) is 10.3. The van der Waals surface area contributed by atoms with E-state index in [9.17, 15) is 9.59 Å². The number of hydrogen-bond donors (Lipinski definition) is 2. The van der Waals surface area contributed by atoms with Crippen LogP contribution in [0.25, 0.3) is 0 Å². The zero-order chi connectivity index (χ0) is 13.7. The zero-order valence-corrected chi connectivity index (χ0v) is 11.1. The molecule has 0 aliphatic carbocycles. The highest BCUT2D eigenvalue weighted by Crippen LogP contribution is 2.18. The molecular formula is C13H14N2O3S. The molecule has 0 bridgehead atoms. The molecule has 1 aliphatic rings. The second kappa shape index (κ2) is 6.36. The van der Waals surface area contributed by atoms with Gasteiger partial charge in [0.05, 0.1) is 22.9 Å². The fraction of sp³-hybridized carbons (Fsp3) is 0.385. The fourth-order valence-corrected chi connectivity index (χ4v) is 2.54. The van der Waals surface area contributed by atoms with Crippen molar-refractivity contribution < 1.29 is 14.7 Å². The molecule has 0 saturated carbocycles. The van der Waals surface area contributed by atoms with Gasteiger partial charge < -0.3 is 15.3 Å². The number of aliphatic hydroxyl groups excluding tert-OH is 1. The van der Waals surface area contributed by atoms with Crippen LogP contribution < -0.4 is 5.32 Å². The van der Waals surface area contributed by atoms with Crippen molar-refractivity contribution in [2.24, 2.45) is 0 Å². The molecule has 0 atom stereocenters. The van der Waals surface area contributed by atoms with E-state index in [1.165, 1.54) is 16.2 Å². The summed E-state index contributed by atoms with van der Waals surface area (Å²) in [4.78, 5) is 26.3. The number of aliphatic hydroxyl groups is 1. The molecule has 0 unspecified atom stereocenters. The van der Waals surface area contributed by atoms with E-state index in [4.69, 9.17) is 5.11 Å². The third kappa shape index (κ3) is 3.56. The molecule has 19 heavy (non-hydrogen) atoms. The number of carbonyl (C=O) groups is 2. The van der Waals surface area contributed by atoms with Crippen molar-refractivity contribution in [1.82, 2.24) is 10.2 Å². The average Bonchev–Trinajstić information content (AvgIpc) is 2.87. The lowest BCUT2D eigenvalue weighted by Crippen LogP contribution is -2.49. The monoisotopic (exact) mass is 278 g/mol. The molecular weight excluding hydrogens is 264 g/mol. The topological polar surface area (TPSA) is 69.6 Å². The number of amides is 2. The first-order valence-electron chi connectivity index (χ1n) is 5.96.